The van der Waals surface area contributed by atoms with E-state index in [0.29, 0.717) is 24.7 Å². The molecular formula is C24H25N3O5. The Kier molecular flexibility index (Phi) is 6.39. The Morgan fingerprint density at radius 3 is 2.44 bits per heavy atom. The Morgan fingerprint density at radius 1 is 1.06 bits per heavy atom. The highest BCUT2D eigenvalue weighted by Gasteiger charge is 2.36. The van der Waals surface area contributed by atoms with Crippen molar-refractivity contribution in [2.75, 3.05) is 18.6 Å². The minimum Gasteiger partial charge on any atom is -0.497 e. The van der Waals surface area contributed by atoms with Crippen molar-refractivity contribution in [1.82, 2.24) is 9.55 Å². The molecule has 1 unspecified atom stereocenters. The van der Waals surface area contributed by atoms with Crippen LogP contribution in [0.1, 0.15) is 17.8 Å². The van der Waals surface area contributed by atoms with Gasteiger partial charge in [0, 0.05) is 38.1 Å². The van der Waals surface area contributed by atoms with Crippen LogP contribution in [0.5, 0.6) is 11.5 Å². The van der Waals surface area contributed by atoms with Crippen molar-refractivity contribution < 1.29 is 23.8 Å². The first-order valence-electron chi connectivity index (χ1n) is 10.3. The van der Waals surface area contributed by atoms with Crippen LogP contribution in [0.2, 0.25) is 0 Å². The monoisotopic (exact) mass is 435 g/mol. The van der Waals surface area contributed by atoms with Gasteiger partial charge in [-0.2, -0.15) is 0 Å². The fourth-order valence-electron chi connectivity index (χ4n) is 3.51. The van der Waals surface area contributed by atoms with E-state index in [1.807, 2.05) is 54.2 Å². The van der Waals surface area contributed by atoms with Crippen LogP contribution >= 0.6 is 0 Å². The first-order valence-corrected chi connectivity index (χ1v) is 10.3. The van der Waals surface area contributed by atoms with Crippen molar-refractivity contribution >= 4 is 17.6 Å². The van der Waals surface area contributed by atoms with E-state index in [0.717, 1.165) is 17.1 Å². The fraction of sp³-hybridized carbons (Fsp3) is 0.292. The van der Waals surface area contributed by atoms with Gasteiger partial charge in [0.2, 0.25) is 5.91 Å². The minimum absolute atomic E-state index is 0.0914. The molecular weight excluding hydrogens is 410 g/mol. The van der Waals surface area contributed by atoms with Gasteiger partial charge in [0.25, 0.3) is 0 Å². The van der Waals surface area contributed by atoms with Gasteiger partial charge in [0.15, 0.2) is 0 Å². The maximum atomic E-state index is 12.5. The molecule has 0 saturated carbocycles. The molecule has 0 N–H and O–H groups in total. The number of nitrogens with zero attached hydrogens (tertiary/aromatic N) is 3. The molecule has 0 spiro atoms. The number of carbonyl (C=O) groups excluding carboxylic acids is 2. The molecule has 1 aliphatic rings. The molecule has 0 aliphatic carbocycles. The van der Waals surface area contributed by atoms with Gasteiger partial charge in [-0.15, -0.1) is 0 Å². The first kappa shape index (κ1) is 21.4. The molecule has 1 fully saturated rings. The predicted octanol–water partition coefficient (Wildman–Crippen LogP) is 3.10. The van der Waals surface area contributed by atoms with E-state index in [1.165, 1.54) is 0 Å². The lowest BCUT2D eigenvalue weighted by molar-refractivity contribution is -0.149. The summed E-state index contributed by atoms with van der Waals surface area (Å²) in [5.41, 5.74) is 1.59. The average molecular weight is 435 g/mol. The molecule has 1 aromatic heterocycles. The summed E-state index contributed by atoms with van der Waals surface area (Å²) in [7, 11) is 3.50. The van der Waals surface area contributed by atoms with Gasteiger partial charge >= 0.3 is 5.97 Å². The largest absolute Gasteiger partial charge is 0.497 e. The molecule has 2 heterocycles. The second kappa shape index (κ2) is 9.55. The van der Waals surface area contributed by atoms with Crippen molar-refractivity contribution in [2.24, 2.45) is 13.0 Å². The van der Waals surface area contributed by atoms with Gasteiger partial charge in [0.05, 0.1) is 13.0 Å². The lowest BCUT2D eigenvalue weighted by Crippen LogP contribution is -2.26. The Bertz CT molecular complexity index is 1080. The number of aromatic nitrogens is 2. The lowest BCUT2D eigenvalue weighted by Gasteiger charge is -2.17. The number of methoxy groups -OCH3 is 1. The Labute approximate surface area is 186 Å². The average Bonchev–Trinajstić information content (AvgIpc) is 3.42. The summed E-state index contributed by atoms with van der Waals surface area (Å²) in [6.07, 6.45) is 3.74. The molecule has 1 saturated heterocycles. The minimum atomic E-state index is -0.481. The first-order chi connectivity index (χ1) is 15.5. The molecule has 1 aliphatic heterocycles. The summed E-state index contributed by atoms with van der Waals surface area (Å²) in [6.45, 7) is 0.827. The molecule has 2 aromatic carbocycles. The van der Waals surface area contributed by atoms with Crippen LogP contribution in [-0.2, 0) is 34.6 Å². The molecule has 166 valence electrons. The number of benzene rings is 2. The van der Waals surface area contributed by atoms with Crippen LogP contribution < -0.4 is 14.4 Å². The molecule has 1 atom stereocenters. The lowest BCUT2D eigenvalue weighted by atomic mass is 10.1. The van der Waals surface area contributed by atoms with Gasteiger partial charge in [-0.05, 0) is 42.0 Å². The third-order valence-corrected chi connectivity index (χ3v) is 5.44. The van der Waals surface area contributed by atoms with Crippen molar-refractivity contribution in [3.8, 4) is 11.5 Å². The standard InChI is InChI=1S/C24H25N3O5/c1-26-12-11-25-22(26)16-31-21-7-3-17(4-8-21)15-32-24(29)18-13-23(28)27(14-18)19-5-9-20(30-2)10-6-19/h3-12,18H,13-16H2,1-2H3. The zero-order valence-corrected chi connectivity index (χ0v) is 18.1. The van der Waals surface area contributed by atoms with E-state index in [2.05, 4.69) is 4.98 Å². The molecule has 0 bridgehead atoms. The van der Waals surface area contributed by atoms with Crippen LogP contribution in [0.25, 0.3) is 0 Å². The second-order valence-corrected chi connectivity index (χ2v) is 7.60. The smallest absolute Gasteiger partial charge is 0.311 e. The fourth-order valence-corrected chi connectivity index (χ4v) is 3.51. The maximum absolute atomic E-state index is 12.5. The number of amides is 1. The topological polar surface area (TPSA) is 82.9 Å². The normalized spacial score (nSPS) is 15.6. The van der Waals surface area contributed by atoms with Gasteiger partial charge in [-0.1, -0.05) is 12.1 Å². The number of hydrogen-bond acceptors (Lipinski definition) is 6. The third kappa shape index (κ3) is 4.91. The zero-order valence-electron chi connectivity index (χ0n) is 18.1. The number of esters is 1. The summed E-state index contributed by atoms with van der Waals surface area (Å²) in [5.74, 6) is 1.31. The zero-order chi connectivity index (χ0) is 22.5. The highest BCUT2D eigenvalue weighted by atomic mass is 16.5. The number of carbonyl (C=O) groups is 2. The van der Waals surface area contributed by atoms with E-state index in [9.17, 15) is 9.59 Å². The summed E-state index contributed by atoms with van der Waals surface area (Å²) >= 11 is 0. The molecule has 0 radical (unpaired) electrons. The number of ether oxygens (including phenoxy) is 3. The number of anilines is 1. The van der Waals surface area contributed by atoms with Crippen molar-refractivity contribution in [2.45, 2.75) is 19.6 Å². The Balaban J connectivity index is 1.27. The van der Waals surface area contributed by atoms with E-state index in [1.54, 1.807) is 30.3 Å². The molecule has 4 rings (SSSR count). The van der Waals surface area contributed by atoms with Crippen LogP contribution in [-0.4, -0.2) is 35.1 Å². The van der Waals surface area contributed by atoms with Gasteiger partial charge < -0.3 is 23.7 Å². The van der Waals surface area contributed by atoms with E-state index < -0.39 is 5.92 Å². The predicted molar refractivity (Wildman–Crippen MR) is 117 cm³/mol. The van der Waals surface area contributed by atoms with Crippen LogP contribution in [0.3, 0.4) is 0 Å². The van der Waals surface area contributed by atoms with E-state index in [4.69, 9.17) is 14.2 Å². The van der Waals surface area contributed by atoms with Crippen LogP contribution in [0.15, 0.2) is 60.9 Å². The maximum Gasteiger partial charge on any atom is 0.311 e. The quantitative estimate of drug-likeness (QED) is 0.506. The summed E-state index contributed by atoms with van der Waals surface area (Å²) < 4.78 is 18.2. The highest BCUT2D eigenvalue weighted by Crippen LogP contribution is 2.27. The molecule has 8 heteroatoms. The number of imidazole rings is 1. The Hall–Kier alpha value is -3.81. The molecule has 8 nitrogen and oxygen atoms in total. The second-order valence-electron chi connectivity index (χ2n) is 7.60. The molecule has 32 heavy (non-hydrogen) atoms. The summed E-state index contributed by atoms with van der Waals surface area (Å²) in [6, 6.07) is 14.6. The molecule has 1 amide bonds. The number of aryl methyl sites for hydroxylation is 1. The number of rotatable bonds is 8. The number of hydrogen-bond donors (Lipinski definition) is 0. The van der Waals surface area contributed by atoms with Crippen LogP contribution in [0.4, 0.5) is 5.69 Å². The summed E-state index contributed by atoms with van der Waals surface area (Å²) in [4.78, 5) is 30.7. The van der Waals surface area contributed by atoms with Crippen molar-refractivity contribution in [1.29, 1.82) is 0 Å². The van der Waals surface area contributed by atoms with Crippen LogP contribution in [0, 0.1) is 5.92 Å². The van der Waals surface area contributed by atoms with E-state index >= 15 is 0 Å². The van der Waals surface area contributed by atoms with Crippen molar-refractivity contribution in [3.05, 3.63) is 72.3 Å². The Morgan fingerprint density at radius 2 is 1.78 bits per heavy atom. The highest BCUT2D eigenvalue weighted by molar-refractivity contribution is 5.99. The van der Waals surface area contributed by atoms with Crippen molar-refractivity contribution in [3.63, 3.8) is 0 Å². The third-order valence-electron chi connectivity index (χ3n) is 5.44. The van der Waals surface area contributed by atoms with E-state index in [-0.39, 0.29) is 24.9 Å². The SMILES string of the molecule is COc1ccc(N2CC(C(=O)OCc3ccc(OCc4nccn4C)cc3)CC2=O)cc1. The van der Waals surface area contributed by atoms with Gasteiger partial charge in [0.1, 0.15) is 30.5 Å². The van der Waals surface area contributed by atoms with Gasteiger partial charge in [-0.25, -0.2) is 4.98 Å². The summed E-state index contributed by atoms with van der Waals surface area (Å²) in [5, 5.41) is 0. The van der Waals surface area contributed by atoms with Gasteiger partial charge in [-0.3, -0.25) is 9.59 Å². The molecule has 3 aromatic rings.